The average Bonchev–Trinajstić information content (AvgIpc) is 3.34. The highest BCUT2D eigenvalue weighted by molar-refractivity contribution is 6.15. The molecule has 8 nitrogen and oxygen atoms in total. The van der Waals surface area contributed by atoms with Crippen molar-refractivity contribution >= 4 is 44.0 Å². The standard InChI is InChI=1S/C22H14N4O4/c1-9-3-2-4-10-7-12(22(29)25-16(9)10)15-13-8-23-26-21(13)24-17-11-5-6-14(27)18(28)19(11)30-20(15)17/h2-8,28H,1H3,(H,25,29)(H2,23,24,26). The van der Waals surface area contributed by atoms with Gasteiger partial charge in [0.15, 0.2) is 16.8 Å². The largest absolute Gasteiger partial charge is 0.502 e. The molecular formula is C22H14N4O4. The van der Waals surface area contributed by atoms with E-state index in [-0.39, 0.29) is 11.1 Å². The minimum Gasteiger partial charge on any atom is -0.502 e. The first-order chi connectivity index (χ1) is 14.5. The number of fused-ring (bicyclic) bond motifs is 5. The predicted molar refractivity (Wildman–Crippen MR) is 114 cm³/mol. The SMILES string of the molecule is Cc1cccc2cc(-c3c4c[nH][nH]c4nc4c3oc3c(O)c(=O)ccc34)c(=O)[nH]c12. The minimum absolute atomic E-state index is 0.0518. The topological polar surface area (TPSA) is 128 Å². The Hall–Kier alpha value is -4.33. The molecule has 30 heavy (non-hydrogen) atoms. The highest BCUT2D eigenvalue weighted by atomic mass is 16.4. The van der Waals surface area contributed by atoms with Crippen molar-refractivity contribution in [1.29, 1.82) is 0 Å². The van der Waals surface area contributed by atoms with Gasteiger partial charge < -0.3 is 19.6 Å². The fraction of sp³-hybridized carbons (Fsp3) is 0.0455. The van der Waals surface area contributed by atoms with Crippen LogP contribution < -0.4 is 11.0 Å². The van der Waals surface area contributed by atoms with Crippen LogP contribution in [0.25, 0.3) is 55.1 Å². The molecule has 0 fully saturated rings. The fourth-order valence-corrected chi connectivity index (χ4v) is 4.06. The van der Waals surface area contributed by atoms with Gasteiger partial charge in [-0.3, -0.25) is 14.7 Å². The lowest BCUT2D eigenvalue weighted by atomic mass is 10.0. The zero-order valence-electron chi connectivity index (χ0n) is 15.7. The Morgan fingerprint density at radius 2 is 1.93 bits per heavy atom. The number of nitrogens with zero attached hydrogens (tertiary/aromatic N) is 1. The molecule has 0 aliphatic carbocycles. The lowest BCUT2D eigenvalue weighted by Crippen LogP contribution is -2.09. The van der Waals surface area contributed by atoms with Crippen molar-refractivity contribution in [2.45, 2.75) is 6.92 Å². The number of furan rings is 1. The molecule has 6 aromatic rings. The summed E-state index contributed by atoms with van der Waals surface area (Å²) in [5.74, 6) is -0.477. The molecule has 4 N–H and O–H groups in total. The van der Waals surface area contributed by atoms with Crippen LogP contribution in [0.15, 0.2) is 56.6 Å². The number of pyridine rings is 2. The Morgan fingerprint density at radius 3 is 2.80 bits per heavy atom. The zero-order valence-corrected chi connectivity index (χ0v) is 15.7. The van der Waals surface area contributed by atoms with Crippen LogP contribution in [0.5, 0.6) is 5.75 Å². The maximum absolute atomic E-state index is 13.1. The van der Waals surface area contributed by atoms with Crippen molar-refractivity contribution in [2.24, 2.45) is 0 Å². The van der Waals surface area contributed by atoms with E-state index in [1.54, 1.807) is 12.3 Å². The number of rotatable bonds is 1. The third-order valence-corrected chi connectivity index (χ3v) is 5.51. The second-order valence-corrected chi connectivity index (χ2v) is 7.28. The molecule has 0 unspecified atom stereocenters. The molecule has 6 rings (SSSR count). The first kappa shape index (κ1) is 16.6. The Labute approximate surface area is 166 Å². The second kappa shape index (κ2) is 5.60. The Balaban J connectivity index is 1.84. The lowest BCUT2D eigenvalue weighted by Gasteiger charge is -2.07. The molecule has 0 radical (unpaired) electrons. The van der Waals surface area contributed by atoms with Crippen molar-refractivity contribution < 1.29 is 9.52 Å². The van der Waals surface area contributed by atoms with Crippen LogP contribution in [-0.4, -0.2) is 25.3 Å². The van der Waals surface area contributed by atoms with Crippen LogP contribution in [0.1, 0.15) is 5.56 Å². The van der Waals surface area contributed by atoms with Gasteiger partial charge in [0, 0.05) is 17.1 Å². The molecule has 4 heterocycles. The van der Waals surface area contributed by atoms with Crippen molar-refractivity contribution in [3.8, 4) is 16.9 Å². The summed E-state index contributed by atoms with van der Waals surface area (Å²) in [6.07, 6.45) is 1.70. The monoisotopic (exact) mass is 398 g/mol. The third kappa shape index (κ3) is 2.07. The van der Waals surface area contributed by atoms with E-state index in [2.05, 4.69) is 20.2 Å². The van der Waals surface area contributed by atoms with Gasteiger partial charge in [-0.05, 0) is 36.1 Å². The number of hydrogen-bond acceptors (Lipinski definition) is 5. The molecule has 0 bridgehead atoms. The van der Waals surface area contributed by atoms with E-state index in [1.165, 1.54) is 6.07 Å². The summed E-state index contributed by atoms with van der Waals surface area (Å²) in [5.41, 5.74) is 3.19. The summed E-state index contributed by atoms with van der Waals surface area (Å²) in [4.78, 5) is 32.5. The summed E-state index contributed by atoms with van der Waals surface area (Å²) in [6, 6.07) is 10.4. The lowest BCUT2D eigenvalue weighted by molar-refractivity contribution is 0.464. The highest BCUT2D eigenvalue weighted by Crippen LogP contribution is 2.39. The molecule has 0 atom stereocenters. The smallest absolute Gasteiger partial charge is 0.256 e. The van der Waals surface area contributed by atoms with Gasteiger partial charge in [-0.25, -0.2) is 4.98 Å². The number of aryl methyl sites for hydroxylation is 1. The van der Waals surface area contributed by atoms with Crippen molar-refractivity contribution in [1.82, 2.24) is 20.2 Å². The van der Waals surface area contributed by atoms with Crippen molar-refractivity contribution in [3.63, 3.8) is 0 Å². The van der Waals surface area contributed by atoms with Crippen LogP contribution in [0.4, 0.5) is 0 Å². The van der Waals surface area contributed by atoms with Crippen LogP contribution in [0.2, 0.25) is 0 Å². The third-order valence-electron chi connectivity index (χ3n) is 5.51. The molecule has 0 aliphatic rings. The zero-order chi connectivity index (χ0) is 20.6. The van der Waals surface area contributed by atoms with Crippen molar-refractivity contribution in [3.05, 3.63) is 68.7 Å². The first-order valence-corrected chi connectivity index (χ1v) is 9.30. The normalized spacial score (nSPS) is 11.9. The number of phenols is 1. The Bertz CT molecular complexity index is 1770. The quantitative estimate of drug-likeness (QED) is 0.336. The van der Waals surface area contributed by atoms with Gasteiger partial charge in [0.05, 0.1) is 16.5 Å². The van der Waals surface area contributed by atoms with Gasteiger partial charge in [0.25, 0.3) is 5.56 Å². The minimum atomic E-state index is -0.541. The van der Waals surface area contributed by atoms with Gasteiger partial charge in [-0.2, -0.15) is 0 Å². The summed E-state index contributed by atoms with van der Waals surface area (Å²) < 4.78 is 5.92. The number of phenolic OH excluding ortho intramolecular Hbond substituents is 1. The fourth-order valence-electron chi connectivity index (χ4n) is 4.06. The predicted octanol–water partition coefficient (Wildman–Crippen LogP) is 3.67. The molecule has 2 aromatic carbocycles. The summed E-state index contributed by atoms with van der Waals surface area (Å²) in [6.45, 7) is 1.93. The van der Waals surface area contributed by atoms with E-state index in [4.69, 9.17) is 4.42 Å². The molecular weight excluding hydrogens is 384 g/mol. The number of aromatic hydroxyl groups is 1. The summed E-state index contributed by atoms with van der Waals surface area (Å²) >= 11 is 0. The van der Waals surface area contributed by atoms with Crippen LogP contribution in [0, 0.1) is 6.92 Å². The van der Waals surface area contributed by atoms with Crippen molar-refractivity contribution in [2.75, 3.05) is 0 Å². The maximum atomic E-state index is 13.1. The van der Waals surface area contributed by atoms with Gasteiger partial charge in [0.2, 0.25) is 11.2 Å². The van der Waals surface area contributed by atoms with Gasteiger partial charge in [-0.15, -0.1) is 0 Å². The Kier molecular flexibility index (Phi) is 3.10. The van der Waals surface area contributed by atoms with Gasteiger partial charge >= 0.3 is 0 Å². The molecule has 0 amide bonds. The molecule has 0 saturated heterocycles. The van der Waals surface area contributed by atoms with E-state index in [0.717, 1.165) is 16.5 Å². The number of aromatic nitrogens is 4. The molecule has 146 valence electrons. The first-order valence-electron chi connectivity index (χ1n) is 9.30. The van der Waals surface area contributed by atoms with Crippen LogP contribution >= 0.6 is 0 Å². The number of H-pyrrole nitrogens is 3. The van der Waals surface area contributed by atoms with Gasteiger partial charge in [-0.1, -0.05) is 18.2 Å². The summed E-state index contributed by atoms with van der Waals surface area (Å²) in [7, 11) is 0. The van der Waals surface area contributed by atoms with E-state index < -0.39 is 11.2 Å². The average molecular weight is 398 g/mol. The van der Waals surface area contributed by atoms with E-state index >= 15 is 0 Å². The number of nitrogens with one attached hydrogen (secondary N) is 3. The molecule has 0 saturated carbocycles. The summed E-state index contributed by atoms with van der Waals surface area (Å²) in [5, 5.41) is 18.1. The van der Waals surface area contributed by atoms with Gasteiger partial charge in [0.1, 0.15) is 5.52 Å². The number of aromatic amines is 3. The molecule has 0 aliphatic heterocycles. The van der Waals surface area contributed by atoms with Crippen LogP contribution in [-0.2, 0) is 0 Å². The number of para-hydroxylation sites is 1. The second-order valence-electron chi connectivity index (χ2n) is 7.28. The number of hydrogen-bond donors (Lipinski definition) is 4. The van der Waals surface area contributed by atoms with E-state index in [9.17, 15) is 14.7 Å². The maximum Gasteiger partial charge on any atom is 0.256 e. The molecule has 4 aromatic heterocycles. The Morgan fingerprint density at radius 1 is 1.07 bits per heavy atom. The highest BCUT2D eigenvalue weighted by Gasteiger charge is 2.22. The number of benzene rings is 2. The van der Waals surface area contributed by atoms with E-state index in [0.29, 0.717) is 38.6 Å². The van der Waals surface area contributed by atoms with Crippen LogP contribution in [0.3, 0.4) is 0 Å². The molecule has 0 spiro atoms. The van der Waals surface area contributed by atoms with E-state index in [1.807, 2.05) is 31.2 Å². The molecule has 8 heteroatoms.